The maximum atomic E-state index is 13.6. The van der Waals surface area contributed by atoms with Crippen LogP contribution in [-0.2, 0) is 50.4 Å². The number of imidazole rings is 1. The Morgan fingerprint density at radius 1 is 0.915 bits per heavy atom. The van der Waals surface area contributed by atoms with Crippen molar-refractivity contribution in [1.82, 2.24) is 19.5 Å². The van der Waals surface area contributed by atoms with E-state index in [0.29, 0.717) is 23.6 Å². The van der Waals surface area contributed by atoms with Crippen LogP contribution in [0.2, 0.25) is 0 Å². The van der Waals surface area contributed by atoms with E-state index in [9.17, 15) is 14.2 Å². The first-order valence-electron chi connectivity index (χ1n) is 16.0. The monoisotopic (exact) mass is 676 g/mol. The van der Waals surface area contributed by atoms with Gasteiger partial charge in [0.05, 0.1) is 38.7 Å². The van der Waals surface area contributed by atoms with Crippen molar-refractivity contribution in [2.24, 2.45) is 17.6 Å². The number of anilines is 1. The van der Waals surface area contributed by atoms with Gasteiger partial charge in [-0.3, -0.25) is 14.2 Å². The standard InChI is InChI=1S/C32H49N6O8P/c1-6-23(4)27(33)32(40)43-13-7-14-45-47(41,21-42-15-12-38-20-37-28-29(34)35-19-36-30(28)38)46-17-16-44-31(39)24(5)26-10-8-25(9-11-26)18-22(2)3/h8-11,19-20,22-24,27H,6-7,12-18,21,33H2,1-5H3,(H2,34,35,36)/t23?,24?,27-,47?/m1/s1. The number of rotatable bonds is 21. The Bertz CT molecular complexity index is 1470. The lowest BCUT2D eigenvalue weighted by atomic mass is 9.97. The molecule has 4 atom stereocenters. The van der Waals surface area contributed by atoms with Crippen LogP contribution in [0.15, 0.2) is 36.9 Å². The lowest BCUT2D eigenvalue weighted by Gasteiger charge is -2.20. The van der Waals surface area contributed by atoms with Gasteiger partial charge in [0.1, 0.15) is 30.8 Å². The topological polar surface area (TPSA) is 193 Å². The normalized spacial score (nSPS) is 14.9. The number of aromatic nitrogens is 4. The Morgan fingerprint density at radius 3 is 2.32 bits per heavy atom. The van der Waals surface area contributed by atoms with Gasteiger partial charge < -0.3 is 39.3 Å². The minimum atomic E-state index is -3.79. The Morgan fingerprint density at radius 2 is 1.62 bits per heavy atom. The van der Waals surface area contributed by atoms with E-state index < -0.39 is 31.5 Å². The molecule has 2 heterocycles. The Labute approximate surface area is 276 Å². The lowest BCUT2D eigenvalue weighted by molar-refractivity contribution is -0.147. The van der Waals surface area contributed by atoms with Gasteiger partial charge in [0.2, 0.25) is 0 Å². The number of carbonyl (C=O) groups excluding carboxylic acids is 2. The molecule has 260 valence electrons. The molecule has 0 spiro atoms. The zero-order chi connectivity index (χ0) is 34.4. The molecular weight excluding hydrogens is 627 g/mol. The number of nitrogens with two attached hydrogens (primary N) is 2. The van der Waals surface area contributed by atoms with Crippen molar-refractivity contribution < 1.29 is 37.4 Å². The molecule has 2 aromatic heterocycles. The summed E-state index contributed by atoms with van der Waals surface area (Å²) in [5.41, 5.74) is 14.8. The smallest absolute Gasteiger partial charge is 0.356 e. The number of nitrogens with zero attached hydrogens (tertiary/aromatic N) is 4. The second-order valence-electron chi connectivity index (χ2n) is 11.8. The van der Waals surface area contributed by atoms with Crippen molar-refractivity contribution in [2.45, 2.75) is 72.4 Å². The van der Waals surface area contributed by atoms with Crippen molar-refractivity contribution in [1.29, 1.82) is 0 Å². The number of carbonyl (C=O) groups is 2. The summed E-state index contributed by atoms with van der Waals surface area (Å²) >= 11 is 0. The van der Waals surface area contributed by atoms with Crippen LogP contribution in [0.4, 0.5) is 5.82 Å². The van der Waals surface area contributed by atoms with E-state index in [2.05, 4.69) is 28.8 Å². The summed E-state index contributed by atoms with van der Waals surface area (Å²) < 4.78 is 42.9. The van der Waals surface area contributed by atoms with E-state index in [0.717, 1.165) is 18.4 Å². The van der Waals surface area contributed by atoms with Gasteiger partial charge >= 0.3 is 19.5 Å². The maximum absolute atomic E-state index is 13.6. The average molecular weight is 677 g/mol. The van der Waals surface area contributed by atoms with Crippen LogP contribution < -0.4 is 11.5 Å². The van der Waals surface area contributed by atoms with Crippen LogP contribution in [-0.4, -0.2) is 76.9 Å². The van der Waals surface area contributed by atoms with Crippen LogP contribution in [0.3, 0.4) is 0 Å². The van der Waals surface area contributed by atoms with Crippen LogP contribution in [0, 0.1) is 11.8 Å². The molecule has 0 aliphatic carbocycles. The third kappa shape index (κ3) is 12.0. The van der Waals surface area contributed by atoms with E-state index in [1.807, 2.05) is 38.1 Å². The van der Waals surface area contributed by atoms with Crippen LogP contribution >= 0.6 is 7.60 Å². The molecule has 0 aliphatic heterocycles. The van der Waals surface area contributed by atoms with E-state index >= 15 is 0 Å². The third-order valence-corrected chi connectivity index (χ3v) is 9.25. The molecule has 15 heteroatoms. The summed E-state index contributed by atoms with van der Waals surface area (Å²) in [7, 11) is -3.79. The molecule has 3 rings (SSSR count). The van der Waals surface area contributed by atoms with Gasteiger partial charge in [-0.05, 0) is 36.3 Å². The van der Waals surface area contributed by atoms with Crippen LogP contribution in [0.5, 0.6) is 0 Å². The van der Waals surface area contributed by atoms with Gasteiger partial charge in [0.25, 0.3) is 0 Å². The largest absolute Gasteiger partial charge is 0.464 e. The summed E-state index contributed by atoms with van der Waals surface area (Å²) in [6.45, 7) is 10.1. The first-order valence-corrected chi connectivity index (χ1v) is 17.7. The molecule has 0 saturated heterocycles. The molecular formula is C32H49N6O8P. The zero-order valence-corrected chi connectivity index (χ0v) is 28.9. The van der Waals surface area contributed by atoms with Crippen molar-refractivity contribution in [2.75, 3.05) is 45.1 Å². The highest BCUT2D eigenvalue weighted by molar-refractivity contribution is 7.53. The first kappa shape index (κ1) is 38.0. The van der Waals surface area contributed by atoms with E-state index in [1.165, 1.54) is 11.9 Å². The molecule has 1 aromatic carbocycles. The lowest BCUT2D eigenvalue weighted by Crippen LogP contribution is -2.38. The molecule has 0 fully saturated rings. The minimum absolute atomic E-state index is 0.0121. The zero-order valence-electron chi connectivity index (χ0n) is 28.0. The summed E-state index contributed by atoms with van der Waals surface area (Å²) in [5.74, 6) is -0.609. The molecule has 4 N–H and O–H groups in total. The fourth-order valence-corrected chi connectivity index (χ4v) is 5.86. The van der Waals surface area contributed by atoms with Gasteiger partial charge in [-0.15, -0.1) is 0 Å². The molecule has 14 nitrogen and oxygen atoms in total. The fraction of sp³-hybridized carbons (Fsp3) is 0.594. The predicted molar refractivity (Wildman–Crippen MR) is 177 cm³/mol. The summed E-state index contributed by atoms with van der Waals surface area (Å²) in [5, 5.41) is 0. The second kappa shape index (κ2) is 18.8. The van der Waals surface area contributed by atoms with Crippen molar-refractivity contribution in [3.05, 3.63) is 48.0 Å². The van der Waals surface area contributed by atoms with Crippen molar-refractivity contribution in [3.8, 4) is 0 Å². The maximum Gasteiger partial charge on any atom is 0.356 e. The predicted octanol–water partition coefficient (Wildman–Crippen LogP) is 4.46. The number of ether oxygens (including phenoxy) is 3. The molecule has 0 radical (unpaired) electrons. The summed E-state index contributed by atoms with van der Waals surface area (Å²) in [6, 6.07) is 7.20. The van der Waals surface area contributed by atoms with Crippen LogP contribution in [0.25, 0.3) is 11.2 Å². The molecule has 0 bridgehead atoms. The fourth-order valence-electron chi connectivity index (χ4n) is 4.52. The number of esters is 2. The second-order valence-corrected chi connectivity index (χ2v) is 13.8. The first-order chi connectivity index (χ1) is 22.4. The minimum Gasteiger partial charge on any atom is -0.464 e. The van der Waals surface area contributed by atoms with Crippen molar-refractivity contribution >= 4 is 36.5 Å². The Balaban J connectivity index is 1.50. The summed E-state index contributed by atoms with van der Waals surface area (Å²) in [6.07, 6.45) is 4.52. The quantitative estimate of drug-likeness (QED) is 0.0913. The number of fused-ring (bicyclic) bond motifs is 1. The number of hydrogen-bond acceptors (Lipinski definition) is 13. The molecule has 3 unspecified atom stereocenters. The average Bonchev–Trinajstić information content (AvgIpc) is 3.48. The number of hydrogen-bond donors (Lipinski definition) is 2. The van der Waals surface area contributed by atoms with Crippen molar-refractivity contribution in [3.63, 3.8) is 0 Å². The molecule has 47 heavy (non-hydrogen) atoms. The van der Waals surface area contributed by atoms with Gasteiger partial charge in [0.15, 0.2) is 11.5 Å². The molecule has 3 aromatic rings. The highest BCUT2D eigenvalue weighted by atomic mass is 31.2. The third-order valence-electron chi connectivity index (χ3n) is 7.60. The van der Waals surface area contributed by atoms with Crippen LogP contribution in [0.1, 0.15) is 64.5 Å². The highest BCUT2D eigenvalue weighted by Gasteiger charge is 2.27. The van der Waals surface area contributed by atoms with E-state index in [-0.39, 0.29) is 57.5 Å². The molecule has 0 amide bonds. The number of nitrogen functional groups attached to an aromatic ring is 1. The van der Waals surface area contributed by atoms with Gasteiger partial charge in [-0.25, -0.2) is 15.0 Å². The number of benzene rings is 1. The Kier molecular flexibility index (Phi) is 15.2. The van der Waals surface area contributed by atoms with Gasteiger partial charge in [-0.1, -0.05) is 58.4 Å². The van der Waals surface area contributed by atoms with E-state index in [1.54, 1.807) is 17.8 Å². The highest BCUT2D eigenvalue weighted by Crippen LogP contribution is 2.48. The molecule has 0 saturated carbocycles. The van der Waals surface area contributed by atoms with E-state index in [4.69, 9.17) is 34.7 Å². The SMILES string of the molecule is CCC(C)[C@@H](N)C(=O)OCCCOP(=O)(COCCn1cnc2c(N)ncnc21)OCCOC(=O)C(C)c1ccc(CC(C)C)cc1. The molecule has 0 aliphatic rings. The van der Waals surface area contributed by atoms with Gasteiger partial charge in [-0.2, -0.15) is 0 Å². The Hall–Kier alpha value is -3.42. The summed E-state index contributed by atoms with van der Waals surface area (Å²) in [4.78, 5) is 37.2. The van der Waals surface area contributed by atoms with Gasteiger partial charge in [0, 0.05) is 13.0 Å².